The van der Waals surface area contributed by atoms with Gasteiger partial charge in [0, 0.05) is 16.5 Å². The third-order valence-electron chi connectivity index (χ3n) is 5.19. The number of quaternary nitrogens is 2. The van der Waals surface area contributed by atoms with Crippen molar-refractivity contribution in [3.63, 3.8) is 0 Å². The fourth-order valence-corrected chi connectivity index (χ4v) is 4.39. The molecule has 2 heterocycles. The van der Waals surface area contributed by atoms with Crippen molar-refractivity contribution in [1.82, 2.24) is 4.98 Å². The Bertz CT molecular complexity index is 889. The van der Waals surface area contributed by atoms with Crippen LogP contribution in [0.4, 0.5) is 5.13 Å². The zero-order valence-electron chi connectivity index (χ0n) is 15.9. The van der Waals surface area contributed by atoms with Gasteiger partial charge in [0.1, 0.15) is 32.7 Å². The van der Waals surface area contributed by atoms with Crippen molar-refractivity contribution in [3.05, 3.63) is 71.6 Å². The highest BCUT2D eigenvalue weighted by Crippen LogP contribution is 2.24. The summed E-state index contributed by atoms with van der Waals surface area (Å²) >= 11 is 1.48. The number of hydrogen-bond acceptors (Lipinski definition) is 3. The second-order valence-corrected chi connectivity index (χ2v) is 8.15. The van der Waals surface area contributed by atoms with Crippen LogP contribution in [0.1, 0.15) is 5.56 Å². The number of anilines is 1. The third kappa shape index (κ3) is 5.04. The van der Waals surface area contributed by atoms with E-state index in [1.54, 1.807) is 4.90 Å². The first-order chi connectivity index (χ1) is 13.8. The lowest BCUT2D eigenvalue weighted by molar-refractivity contribution is -1.02. The molecule has 4 rings (SSSR count). The summed E-state index contributed by atoms with van der Waals surface area (Å²) in [7, 11) is 0. The summed E-state index contributed by atoms with van der Waals surface area (Å²) in [5, 5.41) is 5.64. The minimum absolute atomic E-state index is 0.0514. The molecular formula is C22H26N4OS+2. The molecule has 1 fully saturated rings. The summed E-state index contributed by atoms with van der Waals surface area (Å²) in [5.41, 5.74) is 3.37. The standard InChI is InChI=1S/C22H24N4OS/c27-21(24-22-23-20(17-28-22)19-9-5-2-6-10-19)16-26-13-11-25(12-14-26)15-18-7-3-1-4-8-18/h1-10,17H,11-16H2,(H,23,24,27)/p+2. The lowest BCUT2D eigenvalue weighted by Gasteiger charge is -2.29. The molecule has 28 heavy (non-hydrogen) atoms. The molecule has 3 aromatic rings. The topological polar surface area (TPSA) is 50.9 Å². The number of thiazole rings is 1. The fraction of sp³-hybridized carbons (Fsp3) is 0.273. The van der Waals surface area contributed by atoms with Crippen molar-refractivity contribution in [3.8, 4) is 11.3 Å². The average Bonchev–Trinajstić information content (AvgIpc) is 3.19. The molecule has 5 nitrogen and oxygen atoms in total. The van der Waals surface area contributed by atoms with Crippen molar-refractivity contribution < 1.29 is 14.6 Å². The first-order valence-electron chi connectivity index (χ1n) is 9.78. The highest BCUT2D eigenvalue weighted by Gasteiger charge is 2.25. The van der Waals surface area contributed by atoms with E-state index in [1.165, 1.54) is 21.8 Å². The summed E-state index contributed by atoms with van der Waals surface area (Å²) < 4.78 is 0. The van der Waals surface area contributed by atoms with Crippen LogP contribution in [0, 0.1) is 0 Å². The number of aromatic nitrogens is 1. The van der Waals surface area contributed by atoms with E-state index in [9.17, 15) is 4.79 Å². The summed E-state index contributed by atoms with van der Waals surface area (Å²) in [4.78, 5) is 19.9. The fourth-order valence-electron chi connectivity index (χ4n) is 3.66. The van der Waals surface area contributed by atoms with Gasteiger partial charge in [0.05, 0.1) is 5.69 Å². The predicted molar refractivity (Wildman–Crippen MR) is 113 cm³/mol. The van der Waals surface area contributed by atoms with Gasteiger partial charge in [-0.25, -0.2) is 4.98 Å². The number of rotatable bonds is 6. The number of carbonyl (C=O) groups is 1. The molecule has 0 radical (unpaired) electrons. The third-order valence-corrected chi connectivity index (χ3v) is 5.95. The quantitative estimate of drug-likeness (QED) is 0.577. The van der Waals surface area contributed by atoms with Crippen molar-refractivity contribution in [2.75, 3.05) is 38.0 Å². The summed E-state index contributed by atoms with van der Waals surface area (Å²) in [6.07, 6.45) is 0. The van der Waals surface area contributed by atoms with Gasteiger partial charge in [-0.3, -0.25) is 10.1 Å². The van der Waals surface area contributed by atoms with Gasteiger partial charge in [-0.05, 0) is 0 Å². The minimum Gasteiger partial charge on any atom is -0.322 e. The molecule has 1 saturated heterocycles. The van der Waals surface area contributed by atoms with Gasteiger partial charge in [-0.15, -0.1) is 11.3 Å². The molecule has 2 aromatic carbocycles. The van der Waals surface area contributed by atoms with E-state index in [2.05, 4.69) is 40.6 Å². The molecule has 0 atom stereocenters. The number of nitrogens with one attached hydrogen (secondary N) is 3. The van der Waals surface area contributed by atoms with Crippen LogP contribution < -0.4 is 15.1 Å². The van der Waals surface area contributed by atoms with E-state index in [1.807, 2.05) is 35.7 Å². The Morgan fingerprint density at radius 3 is 2.29 bits per heavy atom. The van der Waals surface area contributed by atoms with Gasteiger partial charge in [-0.2, -0.15) is 0 Å². The number of nitrogens with zero attached hydrogens (tertiary/aromatic N) is 1. The van der Waals surface area contributed by atoms with Crippen LogP contribution in [-0.2, 0) is 11.3 Å². The van der Waals surface area contributed by atoms with Gasteiger partial charge in [0.25, 0.3) is 5.91 Å². The van der Waals surface area contributed by atoms with Crippen LogP contribution >= 0.6 is 11.3 Å². The van der Waals surface area contributed by atoms with Crippen LogP contribution in [0.25, 0.3) is 11.3 Å². The molecule has 0 saturated carbocycles. The van der Waals surface area contributed by atoms with Crippen LogP contribution in [0.5, 0.6) is 0 Å². The summed E-state index contributed by atoms with van der Waals surface area (Å²) in [5.74, 6) is 0.0514. The molecule has 1 aliphatic rings. The first-order valence-corrected chi connectivity index (χ1v) is 10.7. The highest BCUT2D eigenvalue weighted by molar-refractivity contribution is 7.14. The average molecular weight is 395 g/mol. The van der Waals surface area contributed by atoms with Crippen molar-refractivity contribution in [1.29, 1.82) is 0 Å². The Morgan fingerprint density at radius 1 is 0.929 bits per heavy atom. The smallest absolute Gasteiger partial charge is 0.281 e. The molecule has 0 unspecified atom stereocenters. The SMILES string of the molecule is O=C(C[NH+]1CC[NH+](Cc2ccccc2)CC1)Nc1nc(-c2ccccc2)cs1. The van der Waals surface area contributed by atoms with Gasteiger partial charge in [-0.1, -0.05) is 60.7 Å². The van der Waals surface area contributed by atoms with Gasteiger partial charge in [0.15, 0.2) is 11.7 Å². The second kappa shape index (κ2) is 9.10. The highest BCUT2D eigenvalue weighted by atomic mass is 32.1. The summed E-state index contributed by atoms with van der Waals surface area (Å²) in [6.45, 7) is 5.85. The summed E-state index contributed by atoms with van der Waals surface area (Å²) in [6, 6.07) is 20.7. The van der Waals surface area contributed by atoms with Crippen molar-refractivity contribution in [2.24, 2.45) is 0 Å². The number of benzene rings is 2. The number of amides is 1. The van der Waals surface area contributed by atoms with Crippen LogP contribution in [0.2, 0.25) is 0 Å². The van der Waals surface area contributed by atoms with Crippen LogP contribution in [0.3, 0.4) is 0 Å². The van der Waals surface area contributed by atoms with E-state index in [0.717, 1.165) is 44.0 Å². The molecular weight excluding hydrogens is 368 g/mol. The zero-order chi connectivity index (χ0) is 19.2. The maximum atomic E-state index is 12.4. The number of piperazine rings is 1. The molecule has 1 aliphatic heterocycles. The van der Waals surface area contributed by atoms with Gasteiger partial charge >= 0.3 is 0 Å². The molecule has 0 spiro atoms. The molecule has 144 valence electrons. The Labute approximate surface area is 169 Å². The molecule has 1 aromatic heterocycles. The predicted octanol–water partition coefficient (Wildman–Crippen LogP) is 0.732. The van der Waals surface area contributed by atoms with Crippen molar-refractivity contribution >= 4 is 22.4 Å². The Balaban J connectivity index is 1.23. The zero-order valence-corrected chi connectivity index (χ0v) is 16.7. The van der Waals surface area contributed by atoms with Crippen LogP contribution in [-0.4, -0.2) is 43.6 Å². The molecule has 0 bridgehead atoms. The molecule has 6 heteroatoms. The van der Waals surface area contributed by atoms with E-state index in [-0.39, 0.29) is 5.91 Å². The van der Waals surface area contributed by atoms with Crippen LogP contribution in [0.15, 0.2) is 66.0 Å². The number of carbonyl (C=O) groups excluding carboxylic acids is 1. The van der Waals surface area contributed by atoms with E-state index in [0.29, 0.717) is 11.7 Å². The van der Waals surface area contributed by atoms with E-state index in [4.69, 9.17) is 0 Å². The Hall–Kier alpha value is -2.54. The van der Waals surface area contributed by atoms with Gasteiger partial charge in [0.2, 0.25) is 0 Å². The molecule has 0 aliphatic carbocycles. The van der Waals surface area contributed by atoms with Gasteiger partial charge < -0.3 is 9.80 Å². The largest absolute Gasteiger partial charge is 0.322 e. The maximum Gasteiger partial charge on any atom is 0.281 e. The van der Waals surface area contributed by atoms with E-state index < -0.39 is 0 Å². The minimum atomic E-state index is 0.0514. The maximum absolute atomic E-state index is 12.4. The lowest BCUT2D eigenvalue weighted by atomic mass is 10.2. The monoisotopic (exact) mass is 394 g/mol. The Kier molecular flexibility index (Phi) is 6.11. The first kappa shape index (κ1) is 18.8. The van der Waals surface area contributed by atoms with Crippen molar-refractivity contribution in [2.45, 2.75) is 6.54 Å². The second-order valence-electron chi connectivity index (χ2n) is 7.29. The van der Waals surface area contributed by atoms with E-state index >= 15 is 0 Å². The molecule has 3 N–H and O–H groups in total. The molecule has 1 amide bonds. The normalized spacial score (nSPS) is 19.3. The Morgan fingerprint density at radius 2 is 1.57 bits per heavy atom. The lowest BCUT2D eigenvalue weighted by Crippen LogP contribution is -3.28. The number of hydrogen-bond donors (Lipinski definition) is 3.